The zero-order valence-corrected chi connectivity index (χ0v) is 11.0. The average Bonchev–Trinajstić information content (AvgIpc) is 2.42. The van der Waals surface area contributed by atoms with E-state index in [0.717, 1.165) is 12.5 Å². The van der Waals surface area contributed by atoms with Crippen molar-refractivity contribution in [3.8, 4) is 0 Å². The normalized spacial score (nSPS) is 29.1. The van der Waals surface area contributed by atoms with Crippen molar-refractivity contribution >= 4 is 0 Å². The number of hydrogen-bond acceptors (Lipinski definition) is 3. The van der Waals surface area contributed by atoms with Crippen LogP contribution in [0.15, 0.2) is 0 Å². The maximum Gasteiger partial charge on any atom is 0.0575 e. The second-order valence-corrected chi connectivity index (χ2v) is 5.74. The van der Waals surface area contributed by atoms with Crippen LogP contribution in [-0.2, 0) is 4.74 Å². The van der Waals surface area contributed by atoms with Gasteiger partial charge in [0.1, 0.15) is 0 Å². The molecule has 3 heteroatoms. The molecule has 0 amide bonds. The Balaban J connectivity index is 1.70. The van der Waals surface area contributed by atoms with Gasteiger partial charge in [-0.1, -0.05) is 19.3 Å². The summed E-state index contributed by atoms with van der Waals surface area (Å²) >= 11 is 0. The monoisotopic (exact) mass is 240 g/mol. The van der Waals surface area contributed by atoms with Crippen molar-refractivity contribution in [3.63, 3.8) is 0 Å². The molecular weight excluding hydrogens is 212 g/mol. The van der Waals surface area contributed by atoms with Gasteiger partial charge in [0.05, 0.1) is 6.10 Å². The van der Waals surface area contributed by atoms with Crippen molar-refractivity contribution in [1.29, 1.82) is 0 Å². The standard InChI is InChI=1S/C14H28N2O/c15-16-14(12-6-2-1-3-7-12)10-9-13-8-4-5-11-17-13/h12-14,16H,1-11,15H2. The minimum atomic E-state index is 0.503. The van der Waals surface area contributed by atoms with E-state index in [1.807, 2.05) is 0 Å². The molecule has 0 radical (unpaired) electrons. The minimum absolute atomic E-state index is 0.503. The van der Waals surface area contributed by atoms with Gasteiger partial charge < -0.3 is 4.74 Å². The second kappa shape index (κ2) is 7.34. The van der Waals surface area contributed by atoms with Gasteiger partial charge in [-0.2, -0.15) is 0 Å². The van der Waals surface area contributed by atoms with Gasteiger partial charge >= 0.3 is 0 Å². The number of nitrogens with one attached hydrogen (secondary N) is 1. The van der Waals surface area contributed by atoms with Crippen molar-refractivity contribution in [2.45, 2.75) is 76.4 Å². The maximum atomic E-state index is 5.79. The molecule has 1 aliphatic heterocycles. The Morgan fingerprint density at radius 3 is 2.47 bits per heavy atom. The smallest absolute Gasteiger partial charge is 0.0575 e. The molecule has 0 aromatic carbocycles. The van der Waals surface area contributed by atoms with Gasteiger partial charge in [-0.15, -0.1) is 0 Å². The molecule has 2 aliphatic rings. The van der Waals surface area contributed by atoms with Crippen LogP contribution in [0.2, 0.25) is 0 Å². The van der Waals surface area contributed by atoms with E-state index >= 15 is 0 Å². The quantitative estimate of drug-likeness (QED) is 0.574. The Morgan fingerprint density at radius 2 is 1.82 bits per heavy atom. The van der Waals surface area contributed by atoms with E-state index in [1.54, 1.807) is 0 Å². The molecule has 1 saturated heterocycles. The molecule has 17 heavy (non-hydrogen) atoms. The Bertz CT molecular complexity index is 198. The number of nitrogens with two attached hydrogens (primary N) is 1. The van der Waals surface area contributed by atoms with Crippen molar-refractivity contribution in [2.75, 3.05) is 6.61 Å². The summed E-state index contributed by atoms with van der Waals surface area (Å²) in [5, 5.41) is 0. The van der Waals surface area contributed by atoms with E-state index in [9.17, 15) is 0 Å². The fourth-order valence-corrected chi connectivity index (χ4v) is 3.39. The first-order valence-corrected chi connectivity index (χ1v) is 7.48. The van der Waals surface area contributed by atoms with Crippen LogP contribution in [0.5, 0.6) is 0 Å². The van der Waals surface area contributed by atoms with Crippen LogP contribution < -0.4 is 11.3 Å². The number of rotatable bonds is 5. The van der Waals surface area contributed by atoms with Gasteiger partial charge in [-0.3, -0.25) is 11.3 Å². The lowest BCUT2D eigenvalue weighted by atomic mass is 9.82. The van der Waals surface area contributed by atoms with Crippen LogP contribution in [0.25, 0.3) is 0 Å². The maximum absolute atomic E-state index is 5.79. The minimum Gasteiger partial charge on any atom is -0.378 e. The van der Waals surface area contributed by atoms with Crippen LogP contribution in [0.1, 0.15) is 64.2 Å². The van der Waals surface area contributed by atoms with Gasteiger partial charge in [0.15, 0.2) is 0 Å². The summed E-state index contributed by atoms with van der Waals surface area (Å²) in [6.45, 7) is 0.967. The summed E-state index contributed by atoms with van der Waals surface area (Å²) in [5.74, 6) is 6.53. The molecule has 2 fully saturated rings. The van der Waals surface area contributed by atoms with E-state index in [1.165, 1.54) is 64.2 Å². The molecule has 1 heterocycles. The molecule has 3 N–H and O–H groups in total. The molecule has 2 rings (SSSR count). The van der Waals surface area contributed by atoms with Gasteiger partial charge in [0.2, 0.25) is 0 Å². The highest BCUT2D eigenvalue weighted by molar-refractivity contribution is 4.79. The molecule has 1 saturated carbocycles. The average molecular weight is 240 g/mol. The number of ether oxygens (including phenoxy) is 1. The first kappa shape index (κ1) is 13.3. The largest absolute Gasteiger partial charge is 0.378 e. The topological polar surface area (TPSA) is 47.3 Å². The molecule has 0 aromatic rings. The first-order chi connectivity index (χ1) is 8.40. The summed E-state index contributed by atoms with van der Waals surface area (Å²) in [5.41, 5.74) is 3.06. The SMILES string of the molecule is NNC(CCC1CCCCO1)C1CCCCC1. The lowest BCUT2D eigenvalue weighted by Gasteiger charge is -2.31. The summed E-state index contributed by atoms with van der Waals surface area (Å²) < 4.78 is 5.79. The van der Waals surface area contributed by atoms with Gasteiger partial charge in [-0.25, -0.2) is 0 Å². The Hall–Kier alpha value is -0.120. The van der Waals surface area contributed by atoms with Crippen molar-refractivity contribution < 1.29 is 4.74 Å². The Kier molecular flexibility index (Phi) is 5.75. The van der Waals surface area contributed by atoms with Crippen LogP contribution in [0, 0.1) is 5.92 Å². The summed E-state index contributed by atoms with van der Waals surface area (Å²) in [6, 6.07) is 0.515. The Morgan fingerprint density at radius 1 is 1.06 bits per heavy atom. The third-order valence-corrected chi connectivity index (χ3v) is 4.51. The molecule has 100 valence electrons. The lowest BCUT2D eigenvalue weighted by Crippen LogP contribution is -2.42. The van der Waals surface area contributed by atoms with Crippen LogP contribution in [0.3, 0.4) is 0 Å². The fourth-order valence-electron chi connectivity index (χ4n) is 3.39. The van der Waals surface area contributed by atoms with Gasteiger partial charge in [0, 0.05) is 12.6 Å². The second-order valence-electron chi connectivity index (χ2n) is 5.74. The van der Waals surface area contributed by atoms with Crippen LogP contribution in [0.4, 0.5) is 0 Å². The van der Waals surface area contributed by atoms with Crippen LogP contribution >= 0.6 is 0 Å². The fraction of sp³-hybridized carbons (Fsp3) is 1.00. The zero-order chi connectivity index (χ0) is 11.9. The molecule has 3 nitrogen and oxygen atoms in total. The molecular formula is C14H28N2O. The third-order valence-electron chi connectivity index (χ3n) is 4.51. The summed E-state index contributed by atoms with van der Waals surface area (Å²) in [4.78, 5) is 0. The molecule has 0 bridgehead atoms. The Labute approximate surface area is 105 Å². The number of hydrazine groups is 1. The van der Waals surface area contributed by atoms with Crippen LogP contribution in [-0.4, -0.2) is 18.8 Å². The highest BCUT2D eigenvalue weighted by Gasteiger charge is 2.24. The van der Waals surface area contributed by atoms with E-state index in [2.05, 4.69) is 5.43 Å². The van der Waals surface area contributed by atoms with Crippen molar-refractivity contribution in [2.24, 2.45) is 11.8 Å². The highest BCUT2D eigenvalue weighted by atomic mass is 16.5. The van der Waals surface area contributed by atoms with E-state index in [0.29, 0.717) is 12.1 Å². The molecule has 2 atom stereocenters. The van der Waals surface area contributed by atoms with E-state index in [-0.39, 0.29) is 0 Å². The number of hydrogen-bond donors (Lipinski definition) is 2. The summed E-state index contributed by atoms with van der Waals surface area (Å²) in [7, 11) is 0. The highest BCUT2D eigenvalue weighted by Crippen LogP contribution is 2.29. The third kappa shape index (κ3) is 4.23. The van der Waals surface area contributed by atoms with Crippen molar-refractivity contribution in [3.05, 3.63) is 0 Å². The molecule has 1 aliphatic carbocycles. The van der Waals surface area contributed by atoms with Crippen molar-refractivity contribution in [1.82, 2.24) is 5.43 Å². The molecule has 0 aromatic heterocycles. The van der Waals surface area contributed by atoms with Gasteiger partial charge in [0.25, 0.3) is 0 Å². The molecule has 2 unspecified atom stereocenters. The first-order valence-electron chi connectivity index (χ1n) is 7.48. The predicted molar refractivity (Wildman–Crippen MR) is 70.5 cm³/mol. The zero-order valence-electron chi connectivity index (χ0n) is 11.0. The predicted octanol–water partition coefficient (Wildman–Crippen LogP) is 2.75. The van der Waals surface area contributed by atoms with E-state index < -0.39 is 0 Å². The van der Waals surface area contributed by atoms with E-state index in [4.69, 9.17) is 10.6 Å². The lowest BCUT2D eigenvalue weighted by molar-refractivity contribution is 0.00704. The van der Waals surface area contributed by atoms with Gasteiger partial charge in [-0.05, 0) is 50.9 Å². The molecule has 0 spiro atoms. The summed E-state index contributed by atoms with van der Waals surface area (Å²) in [6.07, 6.45) is 13.6.